The van der Waals surface area contributed by atoms with Gasteiger partial charge in [0.15, 0.2) is 0 Å². The van der Waals surface area contributed by atoms with Gasteiger partial charge < -0.3 is 10.2 Å². The molecule has 1 N–H and O–H groups in total. The molecular formula is C24H23FN4O2S. The Hall–Kier alpha value is -3.52. The molecule has 0 aliphatic carbocycles. The fourth-order valence-corrected chi connectivity index (χ4v) is 4.70. The minimum atomic E-state index is -0.322. The number of carbonyl (C=O) groups is 2. The summed E-state index contributed by atoms with van der Waals surface area (Å²) in [5.41, 5.74) is 3.29. The van der Waals surface area contributed by atoms with Gasteiger partial charge in [0.25, 0.3) is 5.91 Å². The molecular weight excluding hydrogens is 427 g/mol. The molecule has 2 heterocycles. The highest BCUT2D eigenvalue weighted by molar-refractivity contribution is 7.20. The number of carbonyl (C=O) groups excluding carboxylic acids is 2. The van der Waals surface area contributed by atoms with Crippen molar-refractivity contribution in [2.75, 3.05) is 18.9 Å². The largest absolute Gasteiger partial charge is 0.332 e. The summed E-state index contributed by atoms with van der Waals surface area (Å²) >= 11 is 1.30. The number of para-hydroxylation sites is 1. The molecule has 0 aliphatic heterocycles. The minimum Gasteiger partial charge on any atom is -0.332 e. The molecule has 0 bridgehead atoms. The van der Waals surface area contributed by atoms with Gasteiger partial charge in [0.2, 0.25) is 5.91 Å². The second kappa shape index (κ2) is 8.92. The van der Waals surface area contributed by atoms with Crippen molar-refractivity contribution in [3.63, 3.8) is 0 Å². The van der Waals surface area contributed by atoms with Crippen LogP contribution in [0.5, 0.6) is 0 Å². The van der Waals surface area contributed by atoms with Crippen LogP contribution in [0.4, 0.5) is 10.1 Å². The van der Waals surface area contributed by atoms with E-state index in [1.165, 1.54) is 28.4 Å². The molecule has 0 fully saturated rings. The third-order valence-electron chi connectivity index (χ3n) is 5.23. The van der Waals surface area contributed by atoms with Crippen molar-refractivity contribution in [2.24, 2.45) is 0 Å². The molecule has 2 aromatic heterocycles. The molecule has 4 aromatic rings. The van der Waals surface area contributed by atoms with Gasteiger partial charge in [-0.3, -0.25) is 9.59 Å². The number of benzene rings is 2. The first-order valence-corrected chi connectivity index (χ1v) is 11.1. The van der Waals surface area contributed by atoms with Crippen molar-refractivity contribution in [2.45, 2.75) is 20.3 Å². The molecule has 8 heteroatoms. The molecule has 32 heavy (non-hydrogen) atoms. The number of hydrogen-bond donors (Lipinski definition) is 1. The van der Waals surface area contributed by atoms with Gasteiger partial charge in [-0.05, 0) is 55.3 Å². The number of fused-ring (bicyclic) bond motifs is 1. The predicted octanol–water partition coefficient (Wildman–Crippen LogP) is 4.81. The van der Waals surface area contributed by atoms with Crippen molar-refractivity contribution in [1.29, 1.82) is 0 Å². The second-order valence-electron chi connectivity index (χ2n) is 7.52. The van der Waals surface area contributed by atoms with Crippen LogP contribution in [0.3, 0.4) is 0 Å². The van der Waals surface area contributed by atoms with Crippen molar-refractivity contribution in [1.82, 2.24) is 14.7 Å². The van der Waals surface area contributed by atoms with Crippen LogP contribution in [-0.2, 0) is 11.2 Å². The maximum absolute atomic E-state index is 13.3. The Balaban J connectivity index is 1.52. The van der Waals surface area contributed by atoms with Gasteiger partial charge in [0.1, 0.15) is 10.6 Å². The third-order valence-corrected chi connectivity index (χ3v) is 6.33. The Bertz CT molecular complexity index is 1290. The number of aryl methyl sites for hydroxylation is 2. The summed E-state index contributed by atoms with van der Waals surface area (Å²) < 4.78 is 15.0. The summed E-state index contributed by atoms with van der Waals surface area (Å²) in [6.45, 7) is 3.83. The molecule has 0 atom stereocenters. The Labute approximate surface area is 189 Å². The van der Waals surface area contributed by atoms with Crippen LogP contribution in [-0.4, -0.2) is 40.1 Å². The molecule has 4 rings (SSSR count). The van der Waals surface area contributed by atoms with Gasteiger partial charge in [-0.15, -0.1) is 11.3 Å². The molecule has 0 radical (unpaired) electrons. The first kappa shape index (κ1) is 21.7. The van der Waals surface area contributed by atoms with E-state index in [1.807, 2.05) is 38.1 Å². The van der Waals surface area contributed by atoms with Crippen molar-refractivity contribution < 1.29 is 14.0 Å². The number of nitrogens with zero attached hydrogens (tertiary/aromatic N) is 3. The number of anilines is 1. The van der Waals surface area contributed by atoms with E-state index >= 15 is 0 Å². The molecule has 2 amide bonds. The zero-order valence-electron chi connectivity index (χ0n) is 18.1. The van der Waals surface area contributed by atoms with Crippen LogP contribution in [0.15, 0.2) is 54.6 Å². The Morgan fingerprint density at radius 1 is 1.16 bits per heavy atom. The lowest BCUT2D eigenvalue weighted by molar-refractivity contribution is -0.116. The number of amides is 2. The van der Waals surface area contributed by atoms with E-state index in [0.717, 1.165) is 33.6 Å². The van der Waals surface area contributed by atoms with Crippen molar-refractivity contribution in [3.8, 4) is 5.69 Å². The Morgan fingerprint density at radius 3 is 2.59 bits per heavy atom. The third kappa shape index (κ3) is 4.27. The van der Waals surface area contributed by atoms with E-state index in [-0.39, 0.29) is 24.2 Å². The molecule has 0 spiro atoms. The number of thiophene rings is 1. The Morgan fingerprint density at radius 2 is 1.88 bits per heavy atom. The lowest BCUT2D eigenvalue weighted by Crippen LogP contribution is -2.34. The maximum Gasteiger partial charge on any atom is 0.264 e. The van der Waals surface area contributed by atoms with E-state index in [4.69, 9.17) is 0 Å². The molecule has 164 valence electrons. The number of likely N-dealkylation sites (N-methyl/N-ethyl adjacent to an activating group) is 1. The first-order valence-electron chi connectivity index (χ1n) is 10.3. The normalized spacial score (nSPS) is 11.0. The quantitative estimate of drug-likeness (QED) is 0.459. The van der Waals surface area contributed by atoms with E-state index in [0.29, 0.717) is 10.6 Å². The maximum atomic E-state index is 13.3. The topological polar surface area (TPSA) is 67.2 Å². The van der Waals surface area contributed by atoms with Crippen LogP contribution in [0.25, 0.3) is 15.9 Å². The van der Waals surface area contributed by atoms with Gasteiger partial charge in [0.05, 0.1) is 22.8 Å². The SMILES string of the molecule is CCc1ccccc1NC(=O)CN(C)C(=O)c1cc2c(C)nn(-c3ccc(F)cc3)c2s1. The molecule has 0 saturated carbocycles. The van der Waals surface area contributed by atoms with Crippen LogP contribution >= 0.6 is 11.3 Å². The van der Waals surface area contributed by atoms with Crippen LogP contribution < -0.4 is 5.32 Å². The van der Waals surface area contributed by atoms with Crippen LogP contribution in [0.2, 0.25) is 0 Å². The monoisotopic (exact) mass is 450 g/mol. The van der Waals surface area contributed by atoms with Crippen molar-refractivity contribution in [3.05, 3.63) is 76.5 Å². The molecule has 0 unspecified atom stereocenters. The summed E-state index contributed by atoms with van der Waals surface area (Å²) in [4.78, 5) is 28.2. The van der Waals surface area contributed by atoms with Gasteiger partial charge >= 0.3 is 0 Å². The van der Waals surface area contributed by atoms with E-state index in [9.17, 15) is 14.0 Å². The highest BCUT2D eigenvalue weighted by atomic mass is 32.1. The smallest absolute Gasteiger partial charge is 0.264 e. The van der Waals surface area contributed by atoms with E-state index < -0.39 is 0 Å². The standard InChI is InChI=1S/C24H23FN4O2S/c1-4-16-7-5-6-8-20(16)26-22(30)14-28(3)23(31)21-13-19-15(2)27-29(24(19)32-21)18-11-9-17(25)10-12-18/h5-13H,4,14H2,1-3H3,(H,26,30). The summed E-state index contributed by atoms with van der Waals surface area (Å²) in [5.74, 6) is -0.816. The second-order valence-corrected chi connectivity index (χ2v) is 8.55. The number of rotatable bonds is 6. The van der Waals surface area contributed by atoms with E-state index in [2.05, 4.69) is 10.4 Å². The summed E-state index contributed by atoms with van der Waals surface area (Å²) in [6.07, 6.45) is 0.803. The lowest BCUT2D eigenvalue weighted by Gasteiger charge is -2.17. The summed E-state index contributed by atoms with van der Waals surface area (Å²) in [7, 11) is 1.61. The summed E-state index contributed by atoms with van der Waals surface area (Å²) in [6, 6.07) is 15.5. The molecule has 6 nitrogen and oxygen atoms in total. The van der Waals surface area contributed by atoms with Crippen molar-refractivity contribution >= 4 is 39.1 Å². The Kier molecular flexibility index (Phi) is 6.05. The van der Waals surface area contributed by atoms with Gasteiger partial charge in [-0.1, -0.05) is 25.1 Å². The average Bonchev–Trinajstić information content (AvgIpc) is 3.34. The zero-order valence-corrected chi connectivity index (χ0v) is 18.9. The number of halogens is 1. The average molecular weight is 451 g/mol. The van der Waals surface area contributed by atoms with E-state index in [1.54, 1.807) is 29.9 Å². The number of nitrogens with one attached hydrogen (secondary N) is 1. The number of hydrogen-bond acceptors (Lipinski definition) is 4. The zero-order chi connectivity index (χ0) is 22.8. The van der Waals surface area contributed by atoms with Gasteiger partial charge in [-0.25, -0.2) is 9.07 Å². The molecule has 0 aliphatic rings. The van der Waals surface area contributed by atoms with Crippen LogP contribution in [0, 0.1) is 12.7 Å². The fourth-order valence-electron chi connectivity index (χ4n) is 3.53. The first-order chi connectivity index (χ1) is 15.4. The van der Waals surface area contributed by atoms with Gasteiger partial charge in [-0.2, -0.15) is 5.10 Å². The lowest BCUT2D eigenvalue weighted by atomic mass is 10.1. The highest BCUT2D eigenvalue weighted by Gasteiger charge is 2.21. The van der Waals surface area contributed by atoms with Crippen LogP contribution in [0.1, 0.15) is 27.9 Å². The fraction of sp³-hybridized carbons (Fsp3) is 0.208. The molecule has 0 saturated heterocycles. The molecule has 2 aromatic carbocycles. The van der Waals surface area contributed by atoms with Gasteiger partial charge in [0, 0.05) is 18.1 Å². The minimum absolute atomic E-state index is 0.0613. The summed E-state index contributed by atoms with van der Waals surface area (Å²) in [5, 5.41) is 8.27. The predicted molar refractivity (Wildman–Crippen MR) is 125 cm³/mol. The number of aromatic nitrogens is 2. The highest BCUT2D eigenvalue weighted by Crippen LogP contribution is 2.31.